The zero-order valence-electron chi connectivity index (χ0n) is 10.2. The molecular formula is C12H20N2OS. The zero-order chi connectivity index (χ0) is 12.2. The molecule has 0 aromatic carbocycles. The van der Waals surface area contributed by atoms with Gasteiger partial charge in [0.25, 0.3) is 0 Å². The molecule has 0 radical (unpaired) electrons. The van der Waals surface area contributed by atoms with Crippen molar-refractivity contribution in [2.75, 3.05) is 5.75 Å². The Morgan fingerprint density at radius 2 is 2.25 bits per heavy atom. The Bertz CT molecular complexity index is 296. The van der Waals surface area contributed by atoms with Crippen LogP contribution >= 0.6 is 11.8 Å². The van der Waals surface area contributed by atoms with Crippen LogP contribution in [-0.2, 0) is 4.79 Å². The Kier molecular flexibility index (Phi) is 4.67. The number of carbonyl (C=O) groups is 1. The van der Waals surface area contributed by atoms with Gasteiger partial charge >= 0.3 is 0 Å². The maximum atomic E-state index is 11.8. The van der Waals surface area contributed by atoms with Gasteiger partial charge in [-0.3, -0.25) is 4.79 Å². The van der Waals surface area contributed by atoms with E-state index in [1.807, 2.05) is 17.8 Å². The van der Waals surface area contributed by atoms with E-state index in [2.05, 4.69) is 12.2 Å². The second kappa shape index (κ2) is 5.58. The maximum Gasteiger partial charge on any atom is 0.240 e. The highest BCUT2D eigenvalue weighted by atomic mass is 32.2. The van der Waals surface area contributed by atoms with Gasteiger partial charge in [-0.25, -0.2) is 0 Å². The van der Waals surface area contributed by atoms with Gasteiger partial charge in [0.2, 0.25) is 5.91 Å². The van der Waals surface area contributed by atoms with Crippen molar-refractivity contribution in [3.63, 3.8) is 0 Å². The molecule has 1 fully saturated rings. The van der Waals surface area contributed by atoms with Gasteiger partial charge in [-0.15, -0.1) is 0 Å². The molecule has 0 heterocycles. The number of thioether (sulfide) groups is 1. The summed E-state index contributed by atoms with van der Waals surface area (Å²) in [4.78, 5) is 11.8. The van der Waals surface area contributed by atoms with Crippen molar-refractivity contribution in [2.45, 2.75) is 51.3 Å². The fraction of sp³-hybridized carbons (Fsp3) is 0.833. The molecule has 0 spiro atoms. The number of rotatable bonds is 4. The summed E-state index contributed by atoms with van der Waals surface area (Å²) in [6, 6.07) is 2.30. The van der Waals surface area contributed by atoms with Crippen LogP contribution in [0, 0.1) is 16.7 Å². The van der Waals surface area contributed by atoms with E-state index in [1.165, 1.54) is 6.42 Å². The van der Waals surface area contributed by atoms with Gasteiger partial charge in [0.1, 0.15) is 5.41 Å². The van der Waals surface area contributed by atoms with E-state index in [-0.39, 0.29) is 11.9 Å². The van der Waals surface area contributed by atoms with Gasteiger partial charge in [0.05, 0.1) is 6.07 Å². The van der Waals surface area contributed by atoms with Crippen LogP contribution in [-0.4, -0.2) is 23.0 Å². The van der Waals surface area contributed by atoms with E-state index >= 15 is 0 Å². The molecular weight excluding hydrogens is 220 g/mol. The Labute approximate surface area is 102 Å². The third kappa shape index (κ3) is 3.41. The number of amides is 1. The second-order valence-corrected chi connectivity index (χ2v) is 6.37. The second-order valence-electron chi connectivity index (χ2n) is 4.80. The number of nitriles is 1. The smallest absolute Gasteiger partial charge is 0.240 e. The summed E-state index contributed by atoms with van der Waals surface area (Å²) < 4.78 is 0. The van der Waals surface area contributed by atoms with E-state index < -0.39 is 5.41 Å². The van der Waals surface area contributed by atoms with Crippen molar-refractivity contribution in [3.8, 4) is 6.07 Å². The van der Waals surface area contributed by atoms with Crippen LogP contribution in [0.4, 0.5) is 0 Å². The third-order valence-corrected chi connectivity index (χ3v) is 4.20. The molecule has 2 atom stereocenters. The van der Waals surface area contributed by atoms with Crippen LogP contribution in [0.5, 0.6) is 0 Å². The Morgan fingerprint density at radius 3 is 2.81 bits per heavy atom. The first kappa shape index (κ1) is 13.4. The van der Waals surface area contributed by atoms with Crippen LogP contribution in [0.1, 0.15) is 40.0 Å². The zero-order valence-corrected chi connectivity index (χ0v) is 11.1. The van der Waals surface area contributed by atoms with E-state index in [0.29, 0.717) is 5.25 Å². The molecule has 1 aliphatic rings. The lowest BCUT2D eigenvalue weighted by Gasteiger charge is -2.19. The van der Waals surface area contributed by atoms with Crippen LogP contribution in [0.15, 0.2) is 0 Å². The molecule has 0 bridgehead atoms. The summed E-state index contributed by atoms with van der Waals surface area (Å²) in [7, 11) is 0. The van der Waals surface area contributed by atoms with Gasteiger partial charge < -0.3 is 5.32 Å². The molecule has 1 saturated carbocycles. The van der Waals surface area contributed by atoms with Crippen molar-refractivity contribution < 1.29 is 4.79 Å². The Balaban J connectivity index is 2.40. The van der Waals surface area contributed by atoms with Gasteiger partial charge in [-0.2, -0.15) is 17.0 Å². The van der Waals surface area contributed by atoms with Gasteiger partial charge in [-0.1, -0.05) is 6.92 Å². The first-order chi connectivity index (χ1) is 7.49. The van der Waals surface area contributed by atoms with Crippen molar-refractivity contribution in [2.24, 2.45) is 5.41 Å². The number of nitrogens with one attached hydrogen (secondary N) is 1. The molecule has 90 valence electrons. The SMILES string of the molecule is CCSC1CCC(NC(=O)C(C)(C)C#N)C1. The summed E-state index contributed by atoms with van der Waals surface area (Å²) in [5.41, 5.74) is -0.907. The molecule has 16 heavy (non-hydrogen) atoms. The minimum atomic E-state index is -0.907. The monoisotopic (exact) mass is 240 g/mol. The average molecular weight is 240 g/mol. The summed E-state index contributed by atoms with van der Waals surface area (Å²) in [6.45, 7) is 5.49. The molecule has 1 N–H and O–H groups in total. The van der Waals surface area contributed by atoms with E-state index in [9.17, 15) is 4.79 Å². The summed E-state index contributed by atoms with van der Waals surface area (Å²) in [5.74, 6) is 0.997. The van der Waals surface area contributed by atoms with Gasteiger partial charge in [0, 0.05) is 11.3 Å². The summed E-state index contributed by atoms with van der Waals surface area (Å²) in [6.07, 6.45) is 3.27. The molecule has 4 heteroatoms. The standard InChI is InChI=1S/C12H20N2OS/c1-4-16-10-6-5-9(7-10)14-11(15)12(2,3)8-13/h9-10H,4-7H2,1-3H3,(H,14,15). The van der Waals surface area contributed by atoms with E-state index in [0.717, 1.165) is 18.6 Å². The predicted octanol–water partition coefficient (Wildman–Crippen LogP) is 2.33. The Morgan fingerprint density at radius 1 is 1.56 bits per heavy atom. The first-order valence-corrected chi connectivity index (χ1v) is 6.88. The number of hydrogen-bond donors (Lipinski definition) is 1. The third-order valence-electron chi connectivity index (χ3n) is 2.97. The molecule has 0 aromatic heterocycles. The topological polar surface area (TPSA) is 52.9 Å². The largest absolute Gasteiger partial charge is 0.352 e. The normalized spacial score (nSPS) is 25.1. The quantitative estimate of drug-likeness (QED) is 0.820. The number of nitrogens with zero attached hydrogens (tertiary/aromatic N) is 1. The van der Waals surface area contributed by atoms with Crippen molar-refractivity contribution >= 4 is 17.7 Å². The summed E-state index contributed by atoms with van der Waals surface area (Å²) in [5, 5.41) is 12.5. The molecule has 2 unspecified atom stereocenters. The molecule has 0 saturated heterocycles. The van der Waals surface area contributed by atoms with Crippen molar-refractivity contribution in [1.29, 1.82) is 5.26 Å². The highest BCUT2D eigenvalue weighted by Gasteiger charge is 2.32. The van der Waals surface area contributed by atoms with Crippen LogP contribution in [0.3, 0.4) is 0 Å². The van der Waals surface area contributed by atoms with Crippen LogP contribution in [0.25, 0.3) is 0 Å². The molecule has 1 rings (SSSR count). The molecule has 1 aliphatic carbocycles. The van der Waals surface area contributed by atoms with Gasteiger partial charge in [-0.05, 0) is 38.9 Å². The molecule has 0 aliphatic heterocycles. The fourth-order valence-electron chi connectivity index (χ4n) is 1.87. The minimum absolute atomic E-state index is 0.137. The van der Waals surface area contributed by atoms with E-state index in [1.54, 1.807) is 13.8 Å². The minimum Gasteiger partial charge on any atom is -0.352 e. The lowest BCUT2D eigenvalue weighted by Crippen LogP contribution is -2.41. The highest BCUT2D eigenvalue weighted by molar-refractivity contribution is 7.99. The summed E-state index contributed by atoms with van der Waals surface area (Å²) >= 11 is 1.97. The molecule has 3 nitrogen and oxygen atoms in total. The van der Waals surface area contributed by atoms with Crippen LogP contribution < -0.4 is 5.32 Å². The van der Waals surface area contributed by atoms with Crippen molar-refractivity contribution in [1.82, 2.24) is 5.32 Å². The fourth-order valence-corrected chi connectivity index (χ4v) is 3.02. The predicted molar refractivity (Wildman–Crippen MR) is 67.1 cm³/mol. The number of carbonyl (C=O) groups excluding carboxylic acids is 1. The highest BCUT2D eigenvalue weighted by Crippen LogP contribution is 2.30. The first-order valence-electron chi connectivity index (χ1n) is 5.83. The molecule has 1 amide bonds. The molecule has 0 aromatic rings. The number of hydrogen-bond acceptors (Lipinski definition) is 3. The lowest BCUT2D eigenvalue weighted by molar-refractivity contribution is -0.127. The average Bonchev–Trinajstić information content (AvgIpc) is 2.66. The lowest BCUT2D eigenvalue weighted by atomic mass is 9.94. The maximum absolute atomic E-state index is 11.8. The van der Waals surface area contributed by atoms with Crippen LogP contribution in [0.2, 0.25) is 0 Å². The van der Waals surface area contributed by atoms with E-state index in [4.69, 9.17) is 5.26 Å². The van der Waals surface area contributed by atoms with Gasteiger partial charge in [0.15, 0.2) is 0 Å². The Hall–Kier alpha value is -0.690. The van der Waals surface area contributed by atoms with Crippen molar-refractivity contribution in [3.05, 3.63) is 0 Å².